The summed E-state index contributed by atoms with van der Waals surface area (Å²) in [5, 5.41) is 0.817. The van der Waals surface area contributed by atoms with Crippen LogP contribution < -0.4 is 4.31 Å². The molecule has 21 heavy (non-hydrogen) atoms. The van der Waals surface area contributed by atoms with E-state index in [9.17, 15) is 8.42 Å². The van der Waals surface area contributed by atoms with Crippen molar-refractivity contribution >= 4 is 50.6 Å². The van der Waals surface area contributed by atoms with Gasteiger partial charge in [-0.15, -0.1) is 0 Å². The molecule has 1 aromatic carbocycles. The summed E-state index contributed by atoms with van der Waals surface area (Å²) in [7, 11) is -3.86. The van der Waals surface area contributed by atoms with E-state index in [1.54, 1.807) is 13.0 Å². The van der Waals surface area contributed by atoms with Crippen LogP contribution in [0.15, 0.2) is 41.4 Å². The van der Waals surface area contributed by atoms with Crippen molar-refractivity contribution in [2.75, 3.05) is 10.8 Å². The third-order valence-electron chi connectivity index (χ3n) is 2.72. The largest absolute Gasteiger partial charge is 0.267 e. The predicted octanol–water partition coefficient (Wildman–Crippen LogP) is 4.26. The molecule has 1 aromatic heterocycles. The van der Waals surface area contributed by atoms with Crippen LogP contribution in [0, 0.1) is 0 Å². The molecule has 0 saturated carbocycles. The molecule has 0 amide bonds. The van der Waals surface area contributed by atoms with E-state index in [1.165, 1.54) is 30.5 Å². The van der Waals surface area contributed by atoms with Crippen LogP contribution in [0.1, 0.15) is 6.92 Å². The SMILES string of the molecule is CCN(c1ccc(Cl)cn1)S(=O)(=O)c1cc(Cl)ccc1Cl. The molecule has 112 valence electrons. The van der Waals surface area contributed by atoms with E-state index in [0.29, 0.717) is 5.02 Å². The zero-order valence-corrected chi connectivity index (χ0v) is 14.0. The summed E-state index contributed by atoms with van der Waals surface area (Å²) >= 11 is 17.6. The Bertz CT molecular complexity index is 749. The smallest absolute Gasteiger partial charge is 0.250 e. The molecule has 0 spiro atoms. The van der Waals surface area contributed by atoms with Gasteiger partial charge >= 0.3 is 0 Å². The highest BCUT2D eigenvalue weighted by molar-refractivity contribution is 7.93. The first kappa shape index (κ1) is 16.4. The van der Waals surface area contributed by atoms with E-state index in [1.807, 2.05) is 0 Å². The fourth-order valence-corrected chi connectivity index (χ4v) is 4.04. The van der Waals surface area contributed by atoms with E-state index in [-0.39, 0.29) is 27.3 Å². The number of nitrogens with zero attached hydrogens (tertiary/aromatic N) is 2. The Morgan fingerprint density at radius 2 is 1.76 bits per heavy atom. The molecule has 0 atom stereocenters. The van der Waals surface area contributed by atoms with Gasteiger partial charge in [0, 0.05) is 17.8 Å². The second-order valence-corrected chi connectivity index (χ2v) is 7.19. The molecule has 4 nitrogen and oxygen atoms in total. The van der Waals surface area contributed by atoms with Crippen LogP contribution in [-0.2, 0) is 10.0 Å². The van der Waals surface area contributed by atoms with Crippen molar-refractivity contribution < 1.29 is 8.42 Å². The normalized spacial score (nSPS) is 11.4. The number of hydrogen-bond donors (Lipinski definition) is 0. The summed E-state index contributed by atoms with van der Waals surface area (Å²) in [6.07, 6.45) is 1.38. The highest BCUT2D eigenvalue weighted by Crippen LogP contribution is 2.30. The Hall–Kier alpha value is -1.01. The molecule has 0 aliphatic carbocycles. The van der Waals surface area contributed by atoms with Crippen LogP contribution in [0.2, 0.25) is 15.1 Å². The Balaban J connectivity index is 2.54. The molecular weight excluding hydrogens is 355 g/mol. The zero-order chi connectivity index (χ0) is 15.6. The molecule has 0 aliphatic heterocycles. The minimum absolute atomic E-state index is 0.0599. The number of benzene rings is 1. The molecule has 0 bridgehead atoms. The second kappa shape index (κ2) is 6.40. The summed E-state index contributed by atoms with van der Waals surface area (Å²) < 4.78 is 26.6. The first-order chi connectivity index (χ1) is 9.86. The maximum absolute atomic E-state index is 12.7. The van der Waals surface area contributed by atoms with Crippen molar-refractivity contribution in [1.82, 2.24) is 4.98 Å². The van der Waals surface area contributed by atoms with Crippen LogP contribution >= 0.6 is 34.8 Å². The molecule has 0 radical (unpaired) electrons. The van der Waals surface area contributed by atoms with Gasteiger partial charge in [-0.3, -0.25) is 4.31 Å². The number of hydrogen-bond acceptors (Lipinski definition) is 3. The molecule has 2 rings (SSSR count). The maximum Gasteiger partial charge on any atom is 0.267 e. The van der Waals surface area contributed by atoms with Crippen LogP contribution in [0.25, 0.3) is 0 Å². The molecule has 8 heteroatoms. The Kier molecular flexibility index (Phi) is 4.99. The Morgan fingerprint density at radius 3 is 2.33 bits per heavy atom. The summed E-state index contributed by atoms with van der Waals surface area (Å²) in [6.45, 7) is 1.89. The fourth-order valence-electron chi connectivity index (χ4n) is 1.76. The van der Waals surface area contributed by atoms with Crippen LogP contribution in [0.4, 0.5) is 5.82 Å². The average Bonchev–Trinajstić information content (AvgIpc) is 2.44. The van der Waals surface area contributed by atoms with Crippen molar-refractivity contribution in [3.05, 3.63) is 51.6 Å². The first-order valence-electron chi connectivity index (χ1n) is 5.95. The van der Waals surface area contributed by atoms with Gasteiger partial charge in [-0.1, -0.05) is 34.8 Å². The molecular formula is C13H11Cl3N2O2S. The van der Waals surface area contributed by atoms with Crippen LogP contribution in [0.5, 0.6) is 0 Å². The lowest BCUT2D eigenvalue weighted by atomic mass is 10.4. The second-order valence-electron chi connectivity index (χ2n) is 4.08. The van der Waals surface area contributed by atoms with E-state index < -0.39 is 10.0 Å². The van der Waals surface area contributed by atoms with Crippen molar-refractivity contribution in [3.63, 3.8) is 0 Å². The minimum Gasteiger partial charge on any atom is -0.250 e. The number of rotatable bonds is 4. The molecule has 2 aromatic rings. The molecule has 1 heterocycles. The molecule has 0 saturated heterocycles. The Morgan fingerprint density at radius 1 is 1.10 bits per heavy atom. The summed E-state index contributed by atoms with van der Waals surface area (Å²) in [5.41, 5.74) is 0. The average molecular weight is 366 g/mol. The van der Waals surface area contributed by atoms with Gasteiger partial charge < -0.3 is 0 Å². The number of pyridine rings is 1. The lowest BCUT2D eigenvalue weighted by Gasteiger charge is -2.22. The number of sulfonamides is 1. The van der Waals surface area contributed by atoms with Crippen LogP contribution in [-0.4, -0.2) is 19.9 Å². The molecule has 0 fully saturated rings. The third-order valence-corrected chi connectivity index (χ3v) is 5.54. The summed E-state index contributed by atoms with van der Waals surface area (Å²) in [4.78, 5) is 3.97. The van der Waals surface area contributed by atoms with E-state index >= 15 is 0 Å². The van der Waals surface area contributed by atoms with E-state index in [2.05, 4.69) is 4.98 Å². The maximum atomic E-state index is 12.7. The van der Waals surface area contributed by atoms with Gasteiger partial charge in [0.2, 0.25) is 0 Å². The van der Waals surface area contributed by atoms with E-state index in [0.717, 1.165) is 4.31 Å². The van der Waals surface area contributed by atoms with Crippen molar-refractivity contribution in [2.45, 2.75) is 11.8 Å². The predicted molar refractivity (Wildman–Crippen MR) is 85.9 cm³/mol. The van der Waals surface area contributed by atoms with Crippen molar-refractivity contribution in [2.24, 2.45) is 0 Å². The van der Waals surface area contributed by atoms with Gasteiger partial charge in [0.1, 0.15) is 10.7 Å². The van der Waals surface area contributed by atoms with E-state index in [4.69, 9.17) is 34.8 Å². The third kappa shape index (κ3) is 3.43. The summed E-state index contributed by atoms with van der Waals surface area (Å²) in [6, 6.07) is 7.39. The quantitative estimate of drug-likeness (QED) is 0.813. The summed E-state index contributed by atoms with van der Waals surface area (Å²) in [5.74, 6) is 0.262. The van der Waals surface area contributed by atoms with Gasteiger partial charge in [0.05, 0.1) is 10.0 Å². The monoisotopic (exact) mass is 364 g/mol. The van der Waals surface area contributed by atoms with Crippen molar-refractivity contribution in [3.8, 4) is 0 Å². The van der Waals surface area contributed by atoms with Crippen LogP contribution in [0.3, 0.4) is 0 Å². The first-order valence-corrected chi connectivity index (χ1v) is 8.53. The van der Waals surface area contributed by atoms with Gasteiger partial charge in [-0.05, 0) is 37.3 Å². The van der Waals surface area contributed by atoms with Gasteiger partial charge in [0.15, 0.2) is 0 Å². The fraction of sp³-hybridized carbons (Fsp3) is 0.154. The highest BCUT2D eigenvalue weighted by Gasteiger charge is 2.27. The Labute approximate surface area is 138 Å². The number of aromatic nitrogens is 1. The molecule has 0 N–H and O–H groups in total. The number of halogens is 3. The number of anilines is 1. The highest BCUT2D eigenvalue weighted by atomic mass is 35.5. The molecule has 0 unspecified atom stereocenters. The minimum atomic E-state index is -3.86. The zero-order valence-electron chi connectivity index (χ0n) is 10.9. The standard InChI is InChI=1S/C13H11Cl3N2O2S/c1-2-18(13-6-4-10(15)8-17-13)21(19,20)12-7-9(14)3-5-11(12)16/h3-8H,2H2,1H3. The topological polar surface area (TPSA) is 50.3 Å². The van der Waals surface area contributed by atoms with Gasteiger partial charge in [-0.25, -0.2) is 13.4 Å². The van der Waals surface area contributed by atoms with Gasteiger partial charge in [0.25, 0.3) is 10.0 Å². The lowest BCUT2D eigenvalue weighted by Crippen LogP contribution is -2.31. The lowest BCUT2D eigenvalue weighted by molar-refractivity contribution is 0.591. The van der Waals surface area contributed by atoms with Gasteiger partial charge in [-0.2, -0.15) is 0 Å². The van der Waals surface area contributed by atoms with Crippen molar-refractivity contribution in [1.29, 1.82) is 0 Å². The molecule has 0 aliphatic rings.